The Morgan fingerprint density at radius 2 is 2.30 bits per heavy atom. The lowest BCUT2D eigenvalue weighted by atomic mass is 10.1. The summed E-state index contributed by atoms with van der Waals surface area (Å²) < 4.78 is 15.2. The summed E-state index contributed by atoms with van der Waals surface area (Å²) in [6.07, 6.45) is 4.21. The van der Waals surface area contributed by atoms with Crippen LogP contribution in [0.2, 0.25) is 0 Å². The Kier molecular flexibility index (Phi) is 4.78. The molecule has 2 rings (SSSR count). The molecule has 1 aromatic heterocycles. The van der Waals surface area contributed by atoms with Crippen LogP contribution in [0, 0.1) is 5.82 Å². The molecule has 0 atom stereocenters. The van der Waals surface area contributed by atoms with Gasteiger partial charge in [0.15, 0.2) is 0 Å². The second kappa shape index (κ2) is 6.76. The quantitative estimate of drug-likeness (QED) is 0.746. The molecule has 0 aliphatic carbocycles. The Morgan fingerprint density at radius 1 is 1.45 bits per heavy atom. The number of aromatic carboxylic acids is 1. The second-order valence-electron chi connectivity index (χ2n) is 4.31. The molecule has 0 amide bonds. The lowest BCUT2D eigenvalue weighted by Gasteiger charge is -2.07. The fraction of sp³-hybridized carbons (Fsp3) is 0.308. The Hall–Kier alpha value is -2.28. The van der Waals surface area contributed by atoms with Crippen LogP contribution in [0.1, 0.15) is 22.3 Å². The van der Waals surface area contributed by atoms with Crippen LogP contribution < -0.4 is 5.32 Å². The maximum Gasteiger partial charge on any atom is 0.335 e. The first-order valence-corrected chi connectivity index (χ1v) is 6.23. The van der Waals surface area contributed by atoms with Crippen molar-refractivity contribution in [3.8, 4) is 0 Å². The van der Waals surface area contributed by atoms with Crippen LogP contribution in [-0.2, 0) is 13.1 Å². The summed E-state index contributed by atoms with van der Waals surface area (Å²) in [5.41, 5.74) is 0.441. The highest BCUT2D eigenvalue weighted by molar-refractivity contribution is 5.87. The van der Waals surface area contributed by atoms with Crippen LogP contribution in [0.15, 0.2) is 30.6 Å². The van der Waals surface area contributed by atoms with Gasteiger partial charge in [-0.3, -0.25) is 4.68 Å². The number of carbonyl (C=O) groups is 1. The monoisotopic (exact) mass is 278 g/mol. The first kappa shape index (κ1) is 14.1. The van der Waals surface area contributed by atoms with Gasteiger partial charge in [0.05, 0.1) is 11.8 Å². The van der Waals surface area contributed by atoms with Gasteiger partial charge in [0.25, 0.3) is 0 Å². The van der Waals surface area contributed by atoms with Crippen molar-refractivity contribution in [3.63, 3.8) is 0 Å². The summed E-state index contributed by atoms with van der Waals surface area (Å²) in [6, 6.07) is 3.78. The van der Waals surface area contributed by atoms with Gasteiger partial charge < -0.3 is 10.4 Å². The van der Waals surface area contributed by atoms with E-state index in [0.29, 0.717) is 18.7 Å². The molecule has 2 N–H and O–H groups in total. The zero-order chi connectivity index (χ0) is 14.4. The molecule has 0 spiro atoms. The number of halogens is 1. The molecule has 1 heterocycles. The van der Waals surface area contributed by atoms with Crippen molar-refractivity contribution in [1.82, 2.24) is 20.3 Å². The first-order chi connectivity index (χ1) is 9.66. The highest BCUT2D eigenvalue weighted by Gasteiger charge is 2.07. The Bertz CT molecular complexity index is 572. The maximum atomic E-state index is 13.5. The number of aromatic nitrogens is 3. The number of aryl methyl sites for hydroxylation is 1. The molecule has 0 aliphatic rings. The van der Waals surface area contributed by atoms with Crippen LogP contribution in [-0.4, -0.2) is 32.6 Å². The molecule has 0 saturated heterocycles. The first-order valence-electron chi connectivity index (χ1n) is 6.23. The molecule has 0 unspecified atom stereocenters. The van der Waals surface area contributed by atoms with Crippen molar-refractivity contribution in [1.29, 1.82) is 0 Å². The predicted octanol–water partition coefficient (Wildman–Crippen LogP) is 1.30. The molecule has 20 heavy (non-hydrogen) atoms. The fourth-order valence-electron chi connectivity index (χ4n) is 1.78. The minimum Gasteiger partial charge on any atom is -0.478 e. The summed E-state index contributed by atoms with van der Waals surface area (Å²) in [5.74, 6) is -1.46. The molecule has 2 aromatic rings. The lowest BCUT2D eigenvalue weighted by molar-refractivity contribution is 0.0696. The smallest absolute Gasteiger partial charge is 0.335 e. The molecule has 1 aromatic carbocycles. The Morgan fingerprint density at radius 3 is 3.00 bits per heavy atom. The van der Waals surface area contributed by atoms with Gasteiger partial charge >= 0.3 is 5.97 Å². The van der Waals surface area contributed by atoms with E-state index < -0.39 is 11.8 Å². The number of nitrogens with one attached hydrogen (secondary N) is 1. The van der Waals surface area contributed by atoms with Crippen molar-refractivity contribution in [3.05, 3.63) is 47.5 Å². The molecule has 106 valence electrons. The average molecular weight is 278 g/mol. The third kappa shape index (κ3) is 3.86. The van der Waals surface area contributed by atoms with Crippen molar-refractivity contribution in [2.45, 2.75) is 19.5 Å². The Balaban J connectivity index is 1.78. The van der Waals surface area contributed by atoms with Gasteiger partial charge in [0.1, 0.15) is 5.82 Å². The van der Waals surface area contributed by atoms with E-state index >= 15 is 0 Å². The van der Waals surface area contributed by atoms with Crippen molar-refractivity contribution >= 4 is 5.97 Å². The predicted molar refractivity (Wildman–Crippen MR) is 69.7 cm³/mol. The minimum atomic E-state index is -1.06. The summed E-state index contributed by atoms with van der Waals surface area (Å²) >= 11 is 0. The largest absolute Gasteiger partial charge is 0.478 e. The van der Waals surface area contributed by atoms with Crippen molar-refractivity contribution < 1.29 is 14.3 Å². The molecular formula is C13H15FN4O2. The van der Waals surface area contributed by atoms with Crippen LogP contribution in [0.25, 0.3) is 0 Å². The average Bonchev–Trinajstić information content (AvgIpc) is 2.93. The van der Waals surface area contributed by atoms with Crippen LogP contribution in [0.4, 0.5) is 4.39 Å². The second-order valence-corrected chi connectivity index (χ2v) is 4.31. The van der Waals surface area contributed by atoms with Crippen LogP contribution in [0.3, 0.4) is 0 Å². The fourth-order valence-corrected chi connectivity index (χ4v) is 1.78. The zero-order valence-corrected chi connectivity index (χ0v) is 10.8. The highest BCUT2D eigenvalue weighted by atomic mass is 19.1. The van der Waals surface area contributed by atoms with Gasteiger partial charge in [0.2, 0.25) is 0 Å². The van der Waals surface area contributed by atoms with Crippen molar-refractivity contribution in [2.24, 2.45) is 0 Å². The van der Waals surface area contributed by atoms with Crippen LogP contribution >= 0.6 is 0 Å². The number of rotatable bonds is 7. The SMILES string of the molecule is O=C(O)c1ccc(F)c(CNCCCn2ccnn2)c1. The number of carboxylic acid groups (broad SMARTS) is 1. The highest BCUT2D eigenvalue weighted by Crippen LogP contribution is 2.10. The van der Waals surface area contributed by atoms with Crippen LogP contribution in [0.5, 0.6) is 0 Å². The van der Waals surface area contributed by atoms with E-state index in [1.165, 1.54) is 18.2 Å². The van der Waals surface area contributed by atoms with E-state index in [0.717, 1.165) is 13.0 Å². The van der Waals surface area contributed by atoms with Gasteiger partial charge in [0, 0.05) is 24.8 Å². The summed E-state index contributed by atoms with van der Waals surface area (Å²) in [4.78, 5) is 10.8. The number of hydrogen-bond acceptors (Lipinski definition) is 4. The van der Waals surface area contributed by atoms with Gasteiger partial charge in [-0.15, -0.1) is 5.10 Å². The molecule has 6 nitrogen and oxygen atoms in total. The van der Waals surface area contributed by atoms with E-state index in [2.05, 4.69) is 15.6 Å². The van der Waals surface area contributed by atoms with Gasteiger partial charge in [-0.25, -0.2) is 9.18 Å². The Labute approximate surface area is 115 Å². The van der Waals surface area contributed by atoms with Gasteiger partial charge in [-0.2, -0.15) is 0 Å². The molecule has 0 radical (unpaired) electrons. The third-order valence-corrected chi connectivity index (χ3v) is 2.82. The van der Waals surface area contributed by atoms with E-state index in [1.807, 2.05) is 0 Å². The van der Waals surface area contributed by atoms with E-state index in [1.54, 1.807) is 17.1 Å². The summed E-state index contributed by atoms with van der Waals surface area (Å²) in [5, 5.41) is 19.5. The number of benzene rings is 1. The molecule has 0 fully saturated rings. The minimum absolute atomic E-state index is 0.0887. The molecule has 7 heteroatoms. The lowest BCUT2D eigenvalue weighted by Crippen LogP contribution is -2.18. The molecular weight excluding hydrogens is 263 g/mol. The summed E-state index contributed by atoms with van der Waals surface area (Å²) in [7, 11) is 0. The molecule has 0 aliphatic heterocycles. The topological polar surface area (TPSA) is 80.0 Å². The number of hydrogen-bond donors (Lipinski definition) is 2. The zero-order valence-electron chi connectivity index (χ0n) is 10.8. The van der Waals surface area contributed by atoms with E-state index in [4.69, 9.17) is 5.11 Å². The third-order valence-electron chi connectivity index (χ3n) is 2.82. The maximum absolute atomic E-state index is 13.5. The molecule has 0 saturated carbocycles. The van der Waals surface area contributed by atoms with Gasteiger partial charge in [-0.05, 0) is 31.2 Å². The van der Waals surface area contributed by atoms with Gasteiger partial charge in [-0.1, -0.05) is 5.21 Å². The van der Waals surface area contributed by atoms with E-state index in [9.17, 15) is 9.18 Å². The molecule has 0 bridgehead atoms. The standard InChI is InChI=1S/C13H15FN4O2/c14-12-3-2-10(13(19)20)8-11(12)9-15-4-1-6-18-7-5-16-17-18/h2-3,5,7-8,15H,1,4,6,9H2,(H,19,20). The van der Waals surface area contributed by atoms with E-state index in [-0.39, 0.29) is 5.56 Å². The van der Waals surface area contributed by atoms with Crippen molar-refractivity contribution in [2.75, 3.05) is 6.54 Å². The summed E-state index contributed by atoms with van der Waals surface area (Å²) in [6.45, 7) is 1.70. The normalized spacial score (nSPS) is 10.7. The number of nitrogens with zero attached hydrogens (tertiary/aromatic N) is 3. The number of carboxylic acids is 1.